The van der Waals surface area contributed by atoms with Crippen molar-refractivity contribution in [1.82, 2.24) is 19.3 Å². The second-order valence-corrected chi connectivity index (χ2v) is 9.72. The Morgan fingerprint density at radius 2 is 1.88 bits per heavy atom. The van der Waals surface area contributed by atoms with Crippen LogP contribution in [0, 0.1) is 0 Å². The second kappa shape index (κ2) is 8.35. The lowest BCUT2D eigenvalue weighted by Gasteiger charge is -2.26. The summed E-state index contributed by atoms with van der Waals surface area (Å²) in [5.74, 6) is 0.761. The van der Waals surface area contributed by atoms with Gasteiger partial charge < -0.3 is 10.1 Å². The van der Waals surface area contributed by atoms with Gasteiger partial charge in [0.05, 0.1) is 40.7 Å². The zero-order valence-corrected chi connectivity index (χ0v) is 19.5. The van der Waals surface area contributed by atoms with Gasteiger partial charge >= 0.3 is 0 Å². The molecular formula is C25H28ClN5O. The summed E-state index contributed by atoms with van der Waals surface area (Å²) in [5.41, 5.74) is 6.05. The highest BCUT2D eigenvalue weighted by Crippen LogP contribution is 2.32. The molecule has 4 aromatic rings. The number of fused-ring (bicyclic) bond motifs is 3. The van der Waals surface area contributed by atoms with Gasteiger partial charge in [-0.1, -0.05) is 50.6 Å². The quantitative estimate of drug-likeness (QED) is 0.451. The van der Waals surface area contributed by atoms with E-state index in [0.717, 1.165) is 66.6 Å². The predicted molar refractivity (Wildman–Crippen MR) is 130 cm³/mol. The number of rotatable bonds is 4. The third-order valence-electron chi connectivity index (χ3n) is 6.00. The number of anilines is 2. The number of morpholine rings is 1. The maximum Gasteiger partial charge on any atom is 0.157 e. The molecule has 1 saturated heterocycles. The van der Waals surface area contributed by atoms with E-state index in [2.05, 4.69) is 53.6 Å². The molecule has 0 saturated carbocycles. The van der Waals surface area contributed by atoms with E-state index in [4.69, 9.17) is 26.3 Å². The summed E-state index contributed by atoms with van der Waals surface area (Å²) in [6, 6.07) is 14.2. The molecule has 5 rings (SSSR count). The summed E-state index contributed by atoms with van der Waals surface area (Å²) < 4.78 is 7.65. The first-order valence-corrected chi connectivity index (χ1v) is 11.4. The molecule has 166 valence electrons. The Kier molecular flexibility index (Phi) is 5.53. The molecule has 1 aliphatic heterocycles. The van der Waals surface area contributed by atoms with E-state index in [-0.39, 0.29) is 5.41 Å². The monoisotopic (exact) mass is 449 g/mol. The first-order valence-electron chi connectivity index (χ1n) is 11.0. The fraction of sp³-hybridized carbons (Fsp3) is 0.360. The molecule has 0 amide bonds. The molecule has 32 heavy (non-hydrogen) atoms. The van der Waals surface area contributed by atoms with Crippen LogP contribution in [0.4, 0.5) is 11.5 Å². The summed E-state index contributed by atoms with van der Waals surface area (Å²) in [6.07, 6.45) is 1.91. The average Bonchev–Trinajstić information content (AvgIpc) is 3.19. The highest BCUT2D eigenvalue weighted by molar-refractivity contribution is 6.33. The van der Waals surface area contributed by atoms with Crippen LogP contribution in [0.15, 0.2) is 48.8 Å². The van der Waals surface area contributed by atoms with Gasteiger partial charge in [-0.05, 0) is 35.2 Å². The molecule has 0 unspecified atom stereocenters. The van der Waals surface area contributed by atoms with E-state index < -0.39 is 0 Å². The van der Waals surface area contributed by atoms with Crippen molar-refractivity contribution in [2.75, 3.05) is 31.6 Å². The van der Waals surface area contributed by atoms with Crippen molar-refractivity contribution in [3.8, 4) is 0 Å². The van der Waals surface area contributed by atoms with Crippen molar-refractivity contribution in [1.29, 1.82) is 0 Å². The van der Waals surface area contributed by atoms with Crippen molar-refractivity contribution < 1.29 is 4.74 Å². The Labute approximate surface area is 193 Å². The standard InChI is InChI=1S/C25H28ClN5O/c1-25(2,3)17-8-9-22-20(14-17)29-24(28-19-7-5-4-6-18(19)26)23-21(27-16-31(22)23)15-30-10-12-32-13-11-30/h4-9,14,16H,10-13,15H2,1-3H3,(H,28,29). The Bertz CT molecular complexity index is 1270. The largest absolute Gasteiger partial charge is 0.379 e. The van der Waals surface area contributed by atoms with Crippen LogP contribution in [0.5, 0.6) is 0 Å². The van der Waals surface area contributed by atoms with Crippen LogP contribution in [0.2, 0.25) is 5.02 Å². The molecule has 1 fully saturated rings. The Morgan fingerprint density at radius 3 is 2.62 bits per heavy atom. The van der Waals surface area contributed by atoms with Crippen LogP contribution >= 0.6 is 11.6 Å². The summed E-state index contributed by atoms with van der Waals surface area (Å²) >= 11 is 6.46. The van der Waals surface area contributed by atoms with Gasteiger partial charge in [-0.2, -0.15) is 0 Å². The normalized spacial score (nSPS) is 15.5. The Morgan fingerprint density at radius 1 is 1.09 bits per heavy atom. The van der Waals surface area contributed by atoms with Crippen molar-refractivity contribution in [3.05, 3.63) is 65.1 Å². The van der Waals surface area contributed by atoms with Crippen molar-refractivity contribution in [2.24, 2.45) is 0 Å². The van der Waals surface area contributed by atoms with Gasteiger partial charge in [0.15, 0.2) is 5.82 Å². The maximum atomic E-state index is 6.46. The first kappa shape index (κ1) is 21.2. The van der Waals surface area contributed by atoms with Crippen LogP contribution in [-0.4, -0.2) is 45.6 Å². The lowest BCUT2D eigenvalue weighted by Crippen LogP contribution is -2.35. The molecular weight excluding hydrogens is 422 g/mol. The van der Waals surface area contributed by atoms with Crippen LogP contribution < -0.4 is 5.32 Å². The van der Waals surface area contributed by atoms with Crippen LogP contribution in [0.3, 0.4) is 0 Å². The number of para-hydroxylation sites is 1. The topological polar surface area (TPSA) is 54.7 Å². The summed E-state index contributed by atoms with van der Waals surface area (Å²) in [7, 11) is 0. The van der Waals surface area contributed by atoms with Crippen molar-refractivity contribution in [2.45, 2.75) is 32.7 Å². The van der Waals surface area contributed by atoms with Gasteiger partial charge in [-0.3, -0.25) is 9.30 Å². The molecule has 0 atom stereocenters. The van der Waals surface area contributed by atoms with E-state index >= 15 is 0 Å². The molecule has 3 heterocycles. The highest BCUT2D eigenvalue weighted by atomic mass is 35.5. The van der Waals surface area contributed by atoms with Crippen molar-refractivity contribution in [3.63, 3.8) is 0 Å². The number of imidazole rings is 1. The van der Waals surface area contributed by atoms with E-state index in [1.165, 1.54) is 5.56 Å². The summed E-state index contributed by atoms with van der Waals surface area (Å²) in [5, 5.41) is 4.14. The van der Waals surface area contributed by atoms with Crippen LogP contribution in [0.1, 0.15) is 32.0 Å². The van der Waals surface area contributed by atoms with Gasteiger partial charge in [0.25, 0.3) is 0 Å². The van der Waals surface area contributed by atoms with E-state index in [1.54, 1.807) is 0 Å². The lowest BCUT2D eigenvalue weighted by atomic mass is 9.87. The molecule has 1 aliphatic rings. The van der Waals surface area contributed by atoms with Crippen LogP contribution in [0.25, 0.3) is 16.6 Å². The number of hydrogen-bond donors (Lipinski definition) is 1. The zero-order valence-electron chi connectivity index (χ0n) is 18.7. The first-order chi connectivity index (χ1) is 15.4. The maximum absolute atomic E-state index is 6.46. The number of ether oxygens (including phenoxy) is 1. The molecule has 1 N–H and O–H groups in total. The van der Waals surface area contributed by atoms with Gasteiger partial charge in [0.2, 0.25) is 0 Å². The number of halogens is 1. The molecule has 2 aromatic carbocycles. The lowest BCUT2D eigenvalue weighted by molar-refractivity contribution is 0.0339. The minimum atomic E-state index is 0.0393. The highest BCUT2D eigenvalue weighted by Gasteiger charge is 2.20. The molecule has 0 aliphatic carbocycles. The molecule has 0 spiro atoms. The molecule has 2 aromatic heterocycles. The van der Waals surface area contributed by atoms with Gasteiger partial charge in [-0.25, -0.2) is 9.97 Å². The second-order valence-electron chi connectivity index (χ2n) is 9.32. The number of hydrogen-bond acceptors (Lipinski definition) is 5. The Hall–Kier alpha value is -2.67. The summed E-state index contributed by atoms with van der Waals surface area (Å²) in [6.45, 7) is 10.7. The smallest absolute Gasteiger partial charge is 0.157 e. The van der Waals surface area contributed by atoms with Gasteiger partial charge in [0, 0.05) is 19.6 Å². The SMILES string of the molecule is CC(C)(C)c1ccc2c(c1)nc(Nc1ccccc1Cl)c1c(CN3CCOCC3)ncn12. The number of nitrogens with zero attached hydrogens (tertiary/aromatic N) is 4. The van der Waals surface area contributed by atoms with E-state index in [9.17, 15) is 0 Å². The fourth-order valence-corrected chi connectivity index (χ4v) is 4.32. The van der Waals surface area contributed by atoms with Gasteiger partial charge in [-0.15, -0.1) is 0 Å². The number of nitrogens with one attached hydrogen (secondary N) is 1. The predicted octanol–water partition coefficient (Wildman–Crippen LogP) is 5.41. The van der Waals surface area contributed by atoms with E-state index in [1.807, 2.05) is 30.6 Å². The molecule has 7 heteroatoms. The minimum Gasteiger partial charge on any atom is -0.379 e. The minimum absolute atomic E-state index is 0.0393. The fourth-order valence-electron chi connectivity index (χ4n) is 4.14. The average molecular weight is 450 g/mol. The van der Waals surface area contributed by atoms with Crippen LogP contribution in [-0.2, 0) is 16.7 Å². The molecule has 0 bridgehead atoms. The third-order valence-corrected chi connectivity index (χ3v) is 6.33. The number of benzene rings is 2. The van der Waals surface area contributed by atoms with Gasteiger partial charge in [0.1, 0.15) is 11.8 Å². The van der Waals surface area contributed by atoms with Crippen molar-refractivity contribution >= 4 is 39.7 Å². The molecule has 6 nitrogen and oxygen atoms in total. The number of aromatic nitrogens is 3. The summed E-state index contributed by atoms with van der Waals surface area (Å²) in [4.78, 5) is 12.2. The third kappa shape index (κ3) is 4.06. The molecule has 0 radical (unpaired) electrons. The Balaban J connectivity index is 1.67. The van der Waals surface area contributed by atoms with E-state index in [0.29, 0.717) is 5.02 Å². The zero-order chi connectivity index (χ0) is 22.3.